The van der Waals surface area contributed by atoms with Gasteiger partial charge in [0.15, 0.2) is 0 Å². The molecule has 6 nitrogen and oxygen atoms in total. The Labute approximate surface area is 101 Å². The first kappa shape index (κ1) is 12.2. The Morgan fingerprint density at radius 3 is 2.65 bits per heavy atom. The second kappa shape index (κ2) is 4.91. The van der Waals surface area contributed by atoms with E-state index in [1.54, 1.807) is 0 Å². The van der Waals surface area contributed by atoms with E-state index in [2.05, 4.69) is 10.2 Å². The number of carbonyl (C=O) groups is 2. The quantitative estimate of drug-likeness (QED) is 0.711. The van der Waals surface area contributed by atoms with Crippen molar-refractivity contribution >= 4 is 12.0 Å². The Kier molecular flexibility index (Phi) is 3.51. The maximum atomic E-state index is 12.0. The molecule has 0 aromatic rings. The van der Waals surface area contributed by atoms with Crippen LogP contribution in [0.3, 0.4) is 0 Å². The number of likely N-dealkylation sites (tertiary alicyclic amines) is 2. The van der Waals surface area contributed by atoms with Crippen molar-refractivity contribution in [3.63, 3.8) is 0 Å². The van der Waals surface area contributed by atoms with Crippen LogP contribution in [0.1, 0.15) is 19.3 Å². The van der Waals surface area contributed by atoms with Crippen LogP contribution in [0.5, 0.6) is 0 Å². The molecule has 0 bridgehead atoms. The van der Waals surface area contributed by atoms with Gasteiger partial charge >= 0.3 is 12.0 Å². The van der Waals surface area contributed by atoms with Gasteiger partial charge in [0.25, 0.3) is 0 Å². The summed E-state index contributed by atoms with van der Waals surface area (Å²) in [7, 11) is 2.02. The molecule has 2 unspecified atom stereocenters. The summed E-state index contributed by atoms with van der Waals surface area (Å²) in [6.45, 7) is 2.37. The molecule has 2 heterocycles. The number of urea groups is 1. The van der Waals surface area contributed by atoms with Gasteiger partial charge in [-0.3, -0.25) is 0 Å². The lowest BCUT2D eigenvalue weighted by molar-refractivity contribution is -0.141. The van der Waals surface area contributed by atoms with Gasteiger partial charge < -0.3 is 20.2 Å². The van der Waals surface area contributed by atoms with Gasteiger partial charge in [-0.2, -0.15) is 0 Å². The lowest BCUT2D eigenvalue weighted by Gasteiger charge is -2.24. The highest BCUT2D eigenvalue weighted by Gasteiger charge is 2.35. The van der Waals surface area contributed by atoms with Crippen LogP contribution in [0.2, 0.25) is 0 Å². The van der Waals surface area contributed by atoms with Crippen LogP contribution in [-0.2, 0) is 4.79 Å². The average Bonchev–Trinajstić information content (AvgIpc) is 2.86. The number of amides is 2. The van der Waals surface area contributed by atoms with Gasteiger partial charge in [0.2, 0.25) is 0 Å². The molecule has 0 spiro atoms. The van der Waals surface area contributed by atoms with Crippen LogP contribution in [-0.4, -0.2) is 65.7 Å². The molecule has 6 heteroatoms. The number of likely N-dealkylation sites (N-methyl/N-ethyl adjacent to an activating group) is 1. The Hall–Kier alpha value is -1.30. The van der Waals surface area contributed by atoms with Gasteiger partial charge in [0.1, 0.15) is 6.04 Å². The minimum Gasteiger partial charge on any atom is -0.480 e. The van der Waals surface area contributed by atoms with Gasteiger partial charge in [-0.25, -0.2) is 9.59 Å². The average molecular weight is 241 g/mol. The largest absolute Gasteiger partial charge is 0.480 e. The molecule has 0 radical (unpaired) electrons. The fraction of sp³-hybridized carbons (Fsp3) is 0.818. The number of hydrogen-bond donors (Lipinski definition) is 2. The lowest BCUT2D eigenvalue weighted by Crippen LogP contribution is -2.49. The molecule has 96 valence electrons. The molecule has 0 aromatic carbocycles. The molecule has 2 N–H and O–H groups in total. The number of rotatable bonds is 2. The Morgan fingerprint density at radius 1 is 1.29 bits per heavy atom. The lowest BCUT2D eigenvalue weighted by atomic mass is 10.2. The van der Waals surface area contributed by atoms with Crippen molar-refractivity contribution in [2.24, 2.45) is 0 Å². The number of carbonyl (C=O) groups excluding carboxylic acids is 1. The number of carboxylic acid groups (broad SMARTS) is 1. The third-order valence-corrected chi connectivity index (χ3v) is 3.52. The van der Waals surface area contributed by atoms with Crippen LogP contribution < -0.4 is 5.32 Å². The van der Waals surface area contributed by atoms with E-state index in [1.807, 2.05) is 7.05 Å². The van der Waals surface area contributed by atoms with E-state index in [1.165, 1.54) is 4.90 Å². The molecule has 2 aliphatic heterocycles. The standard InChI is InChI=1S/C11H19N3O3/c1-13-6-4-8(7-13)12-11(17)14-5-2-3-9(14)10(15)16/h8-9H,2-7H2,1H3,(H,12,17)(H,15,16). The SMILES string of the molecule is CN1CCC(NC(=O)N2CCCC2C(=O)O)C1. The van der Waals surface area contributed by atoms with Crippen LogP contribution in [0.4, 0.5) is 4.79 Å². The highest BCUT2D eigenvalue weighted by atomic mass is 16.4. The first-order valence-corrected chi connectivity index (χ1v) is 6.06. The van der Waals surface area contributed by atoms with Gasteiger partial charge in [0, 0.05) is 19.1 Å². The zero-order valence-electron chi connectivity index (χ0n) is 10.1. The maximum absolute atomic E-state index is 12.0. The zero-order chi connectivity index (χ0) is 12.4. The summed E-state index contributed by atoms with van der Waals surface area (Å²) in [5.41, 5.74) is 0. The van der Waals surface area contributed by atoms with Crippen molar-refractivity contribution in [1.82, 2.24) is 15.1 Å². The summed E-state index contributed by atoms with van der Waals surface area (Å²) < 4.78 is 0. The molecule has 0 aromatic heterocycles. The Balaban J connectivity index is 1.89. The third kappa shape index (κ3) is 2.69. The van der Waals surface area contributed by atoms with Crippen molar-refractivity contribution in [3.05, 3.63) is 0 Å². The van der Waals surface area contributed by atoms with Gasteiger partial charge in [-0.15, -0.1) is 0 Å². The molecule has 2 saturated heterocycles. The van der Waals surface area contributed by atoms with E-state index in [-0.39, 0.29) is 12.1 Å². The van der Waals surface area contributed by atoms with Crippen molar-refractivity contribution in [2.75, 3.05) is 26.7 Å². The molecule has 2 fully saturated rings. The summed E-state index contributed by atoms with van der Waals surface area (Å²) in [4.78, 5) is 26.5. The van der Waals surface area contributed by atoms with E-state index in [9.17, 15) is 9.59 Å². The first-order chi connectivity index (χ1) is 8.08. The summed E-state index contributed by atoms with van der Waals surface area (Å²) in [6.07, 6.45) is 2.27. The highest BCUT2D eigenvalue weighted by Crippen LogP contribution is 2.18. The molecular formula is C11H19N3O3. The second-order valence-corrected chi connectivity index (χ2v) is 4.89. The van der Waals surface area contributed by atoms with Crippen LogP contribution >= 0.6 is 0 Å². The Morgan fingerprint density at radius 2 is 2.06 bits per heavy atom. The molecule has 0 aliphatic carbocycles. The van der Waals surface area contributed by atoms with Crippen molar-refractivity contribution in [2.45, 2.75) is 31.3 Å². The molecule has 0 saturated carbocycles. The fourth-order valence-corrected chi connectivity index (χ4v) is 2.58. The van der Waals surface area contributed by atoms with Crippen molar-refractivity contribution in [3.8, 4) is 0 Å². The van der Waals surface area contributed by atoms with Crippen molar-refractivity contribution < 1.29 is 14.7 Å². The minimum atomic E-state index is -0.902. The number of carboxylic acids is 1. The predicted octanol–water partition coefficient (Wildman–Crippen LogP) is -0.0509. The second-order valence-electron chi connectivity index (χ2n) is 4.89. The first-order valence-electron chi connectivity index (χ1n) is 6.06. The molecular weight excluding hydrogens is 222 g/mol. The van der Waals surface area contributed by atoms with E-state index < -0.39 is 12.0 Å². The highest BCUT2D eigenvalue weighted by molar-refractivity contribution is 5.83. The van der Waals surface area contributed by atoms with E-state index >= 15 is 0 Å². The zero-order valence-corrected chi connectivity index (χ0v) is 10.1. The maximum Gasteiger partial charge on any atom is 0.326 e. The van der Waals surface area contributed by atoms with E-state index in [0.717, 1.165) is 25.9 Å². The van der Waals surface area contributed by atoms with Gasteiger partial charge in [-0.05, 0) is 32.9 Å². The topological polar surface area (TPSA) is 72.9 Å². The van der Waals surface area contributed by atoms with Crippen LogP contribution in [0.15, 0.2) is 0 Å². The summed E-state index contributed by atoms with van der Waals surface area (Å²) in [5, 5.41) is 11.9. The van der Waals surface area contributed by atoms with Crippen LogP contribution in [0.25, 0.3) is 0 Å². The molecule has 2 atom stereocenters. The van der Waals surface area contributed by atoms with Gasteiger partial charge in [-0.1, -0.05) is 0 Å². The predicted molar refractivity (Wildman–Crippen MR) is 61.8 cm³/mol. The molecule has 2 amide bonds. The number of hydrogen-bond acceptors (Lipinski definition) is 3. The van der Waals surface area contributed by atoms with Crippen LogP contribution in [0, 0.1) is 0 Å². The van der Waals surface area contributed by atoms with Gasteiger partial charge in [0.05, 0.1) is 0 Å². The summed E-state index contributed by atoms with van der Waals surface area (Å²) in [5.74, 6) is -0.902. The van der Waals surface area contributed by atoms with E-state index in [4.69, 9.17) is 5.11 Å². The summed E-state index contributed by atoms with van der Waals surface area (Å²) >= 11 is 0. The summed E-state index contributed by atoms with van der Waals surface area (Å²) in [6, 6.07) is -0.716. The number of nitrogens with one attached hydrogen (secondary N) is 1. The minimum absolute atomic E-state index is 0.155. The monoisotopic (exact) mass is 241 g/mol. The normalized spacial score (nSPS) is 29.6. The molecule has 2 rings (SSSR count). The smallest absolute Gasteiger partial charge is 0.326 e. The van der Waals surface area contributed by atoms with Crippen molar-refractivity contribution in [1.29, 1.82) is 0 Å². The molecule has 2 aliphatic rings. The Bertz CT molecular complexity index is 321. The third-order valence-electron chi connectivity index (χ3n) is 3.52. The number of nitrogens with zero attached hydrogens (tertiary/aromatic N) is 2. The molecule has 17 heavy (non-hydrogen) atoms. The van der Waals surface area contributed by atoms with E-state index in [0.29, 0.717) is 13.0 Å². The fourth-order valence-electron chi connectivity index (χ4n) is 2.58. The number of aliphatic carboxylic acids is 1.